The van der Waals surface area contributed by atoms with Gasteiger partial charge < -0.3 is 10.2 Å². The van der Waals surface area contributed by atoms with Gasteiger partial charge in [-0.1, -0.05) is 0 Å². The van der Waals surface area contributed by atoms with Gasteiger partial charge in [-0.2, -0.15) is 5.26 Å². The summed E-state index contributed by atoms with van der Waals surface area (Å²) in [4.78, 5) is 0. The van der Waals surface area contributed by atoms with Crippen LogP contribution in [-0.4, -0.2) is 23.0 Å². The van der Waals surface area contributed by atoms with Crippen LogP contribution >= 0.6 is 0 Å². The molecule has 0 radical (unpaired) electrons. The molecule has 0 heterocycles. The second-order valence-corrected chi connectivity index (χ2v) is 1.64. The molecule has 0 spiro atoms. The van der Waals surface area contributed by atoms with E-state index in [2.05, 4.69) is 5.32 Å². The highest BCUT2D eigenvalue weighted by Crippen LogP contribution is 1.90. The summed E-state index contributed by atoms with van der Waals surface area (Å²) in [6.45, 7) is 0.0458. The van der Waals surface area contributed by atoms with Crippen LogP contribution in [0.3, 0.4) is 0 Å². The Balaban J connectivity index is 3.08. The van der Waals surface area contributed by atoms with Crippen LogP contribution in [0.5, 0.6) is 0 Å². The van der Waals surface area contributed by atoms with Gasteiger partial charge in [0.2, 0.25) is 0 Å². The van der Waals surface area contributed by atoms with Gasteiger partial charge >= 0.3 is 0 Å². The van der Waals surface area contributed by atoms with E-state index in [9.17, 15) is 0 Å². The van der Waals surface area contributed by atoms with Crippen molar-refractivity contribution in [2.24, 2.45) is 0 Å². The number of hydrogen-bond donors (Lipinski definition) is 3. The molecule has 0 rings (SSSR count). The topological polar surface area (TPSA) is 76.3 Å². The Bertz CT molecular complexity index is 99.6. The van der Waals surface area contributed by atoms with Gasteiger partial charge in [-0.3, -0.25) is 5.32 Å². The second kappa shape index (κ2) is 5.35. The molecule has 1 atom stereocenters. The highest BCUT2D eigenvalue weighted by Gasteiger charge is 1.98. The molecule has 0 bridgehead atoms. The zero-order valence-corrected chi connectivity index (χ0v) is 5.04. The van der Waals surface area contributed by atoms with Crippen LogP contribution < -0.4 is 5.32 Å². The molecule has 4 nitrogen and oxygen atoms in total. The lowest BCUT2D eigenvalue weighted by Crippen LogP contribution is -2.23. The van der Waals surface area contributed by atoms with Crippen molar-refractivity contribution in [1.82, 2.24) is 5.32 Å². The number of rotatable bonds is 4. The highest BCUT2D eigenvalue weighted by atomic mass is 16.3. The summed E-state index contributed by atoms with van der Waals surface area (Å²) >= 11 is 0. The van der Waals surface area contributed by atoms with Crippen molar-refractivity contribution in [3.63, 3.8) is 0 Å². The molecule has 3 N–H and O–H groups in total. The van der Waals surface area contributed by atoms with Gasteiger partial charge in [0, 0.05) is 6.61 Å². The van der Waals surface area contributed by atoms with Crippen LogP contribution in [0.4, 0.5) is 0 Å². The summed E-state index contributed by atoms with van der Waals surface area (Å²) < 4.78 is 0. The van der Waals surface area contributed by atoms with Crippen molar-refractivity contribution in [3.8, 4) is 6.19 Å². The van der Waals surface area contributed by atoms with Crippen molar-refractivity contribution >= 4 is 0 Å². The lowest BCUT2D eigenvalue weighted by atomic mass is 10.3. The number of nitrogens with one attached hydrogen (secondary N) is 1. The van der Waals surface area contributed by atoms with Gasteiger partial charge in [0.05, 0.1) is 0 Å². The predicted molar refractivity (Wildman–Crippen MR) is 31.1 cm³/mol. The van der Waals surface area contributed by atoms with Crippen LogP contribution in [0.1, 0.15) is 12.8 Å². The predicted octanol–water partition coefficient (Wildman–Crippen LogP) is -0.852. The molecule has 0 saturated carbocycles. The van der Waals surface area contributed by atoms with Gasteiger partial charge in [0.1, 0.15) is 6.23 Å². The molecule has 0 aromatic heterocycles. The van der Waals surface area contributed by atoms with Gasteiger partial charge in [-0.15, -0.1) is 0 Å². The first-order chi connectivity index (χ1) is 4.31. The maximum absolute atomic E-state index is 8.74. The molecule has 4 heteroatoms. The average molecular weight is 130 g/mol. The third-order valence-electron chi connectivity index (χ3n) is 0.867. The summed E-state index contributed by atoms with van der Waals surface area (Å²) in [5.41, 5.74) is 0. The summed E-state index contributed by atoms with van der Waals surface area (Å²) in [5, 5.41) is 27.1. The Morgan fingerprint density at radius 1 is 1.67 bits per heavy atom. The molecule has 1 unspecified atom stereocenters. The molecular weight excluding hydrogens is 120 g/mol. The van der Waals surface area contributed by atoms with Crippen LogP contribution in [0.25, 0.3) is 0 Å². The molecule has 52 valence electrons. The first-order valence-corrected chi connectivity index (χ1v) is 2.74. The van der Waals surface area contributed by atoms with Gasteiger partial charge in [-0.05, 0) is 12.8 Å². The fourth-order valence-electron chi connectivity index (χ4n) is 0.431. The summed E-state index contributed by atoms with van der Waals surface area (Å²) in [6, 6.07) is 0. The quantitative estimate of drug-likeness (QED) is 0.263. The molecule has 0 aliphatic rings. The molecule has 0 fully saturated rings. The van der Waals surface area contributed by atoms with E-state index in [1.54, 1.807) is 6.19 Å². The highest BCUT2D eigenvalue weighted by molar-refractivity contribution is 4.67. The first kappa shape index (κ1) is 8.21. The monoisotopic (exact) mass is 130 g/mol. The lowest BCUT2D eigenvalue weighted by Gasteiger charge is -2.04. The Morgan fingerprint density at radius 3 is 2.78 bits per heavy atom. The minimum absolute atomic E-state index is 0.0458. The smallest absolute Gasteiger partial charge is 0.178 e. The van der Waals surface area contributed by atoms with E-state index in [1.165, 1.54) is 0 Å². The van der Waals surface area contributed by atoms with Crippen LogP contribution in [-0.2, 0) is 0 Å². The van der Waals surface area contributed by atoms with E-state index in [-0.39, 0.29) is 6.61 Å². The molecule has 0 aromatic rings. The number of nitriles is 1. The van der Waals surface area contributed by atoms with Crippen molar-refractivity contribution in [2.75, 3.05) is 6.61 Å². The third-order valence-corrected chi connectivity index (χ3v) is 0.867. The number of aliphatic hydroxyl groups is 2. The van der Waals surface area contributed by atoms with Crippen molar-refractivity contribution < 1.29 is 10.2 Å². The Hall–Kier alpha value is -0.790. The molecule has 0 aromatic carbocycles. The zero-order chi connectivity index (χ0) is 7.11. The van der Waals surface area contributed by atoms with Gasteiger partial charge in [-0.25, -0.2) is 0 Å². The molecule has 0 aliphatic heterocycles. The Kier molecular flexibility index (Phi) is 4.88. The van der Waals surface area contributed by atoms with Crippen molar-refractivity contribution in [2.45, 2.75) is 19.1 Å². The summed E-state index contributed by atoms with van der Waals surface area (Å²) in [6.07, 6.45) is 1.71. The van der Waals surface area contributed by atoms with Crippen molar-refractivity contribution in [3.05, 3.63) is 0 Å². The van der Waals surface area contributed by atoms with Gasteiger partial charge in [0.15, 0.2) is 6.19 Å². The van der Waals surface area contributed by atoms with E-state index < -0.39 is 6.23 Å². The fourth-order valence-corrected chi connectivity index (χ4v) is 0.431. The fraction of sp³-hybridized carbons (Fsp3) is 0.800. The standard InChI is InChI=1S/C5H10N2O2/c6-4-7-5(9)2-1-3-8/h5,7-9H,1-3H2. The van der Waals surface area contributed by atoms with Crippen LogP contribution in [0.2, 0.25) is 0 Å². The molecule has 0 aliphatic carbocycles. The van der Waals surface area contributed by atoms with E-state index in [0.29, 0.717) is 12.8 Å². The lowest BCUT2D eigenvalue weighted by molar-refractivity contribution is 0.133. The molecule has 0 amide bonds. The van der Waals surface area contributed by atoms with E-state index >= 15 is 0 Å². The number of aliphatic hydroxyl groups excluding tert-OH is 2. The molecule has 0 saturated heterocycles. The number of nitrogens with zero attached hydrogens (tertiary/aromatic N) is 1. The summed E-state index contributed by atoms with van der Waals surface area (Å²) in [7, 11) is 0. The Morgan fingerprint density at radius 2 is 2.33 bits per heavy atom. The first-order valence-electron chi connectivity index (χ1n) is 2.74. The van der Waals surface area contributed by atoms with E-state index in [0.717, 1.165) is 0 Å². The van der Waals surface area contributed by atoms with Crippen LogP contribution in [0.15, 0.2) is 0 Å². The van der Waals surface area contributed by atoms with Crippen LogP contribution in [0, 0.1) is 11.5 Å². The maximum Gasteiger partial charge on any atom is 0.178 e. The maximum atomic E-state index is 8.74. The van der Waals surface area contributed by atoms with Gasteiger partial charge in [0.25, 0.3) is 0 Å². The SMILES string of the molecule is N#CNC(O)CCCO. The molecule has 9 heavy (non-hydrogen) atoms. The second-order valence-electron chi connectivity index (χ2n) is 1.64. The van der Waals surface area contributed by atoms with E-state index in [4.69, 9.17) is 15.5 Å². The largest absolute Gasteiger partial charge is 0.396 e. The normalized spacial score (nSPS) is 12.1. The third kappa shape index (κ3) is 5.07. The molecular formula is C5H10N2O2. The zero-order valence-electron chi connectivity index (χ0n) is 5.04. The average Bonchev–Trinajstić information content (AvgIpc) is 1.85. The Labute approximate surface area is 53.7 Å². The van der Waals surface area contributed by atoms with E-state index in [1.807, 2.05) is 0 Å². The minimum atomic E-state index is -0.804. The summed E-state index contributed by atoms with van der Waals surface area (Å²) in [5.74, 6) is 0. The van der Waals surface area contributed by atoms with Crippen molar-refractivity contribution in [1.29, 1.82) is 5.26 Å². The minimum Gasteiger partial charge on any atom is -0.396 e. The number of hydrogen-bond acceptors (Lipinski definition) is 4.